The van der Waals surface area contributed by atoms with Gasteiger partial charge in [0.05, 0.1) is 5.69 Å². The molecule has 0 aliphatic heterocycles. The molecule has 1 N–H and O–H groups in total. The summed E-state index contributed by atoms with van der Waals surface area (Å²) in [6, 6.07) is 8.86. The molecule has 102 valence electrons. The third-order valence-corrected chi connectivity index (χ3v) is 3.42. The second kappa shape index (κ2) is 5.97. The van der Waals surface area contributed by atoms with Crippen molar-refractivity contribution in [3.63, 3.8) is 0 Å². The molecule has 1 aromatic heterocycles. The molecule has 2 rings (SSSR count). The first kappa shape index (κ1) is 13.7. The van der Waals surface area contributed by atoms with Gasteiger partial charge in [0, 0.05) is 18.9 Å². The van der Waals surface area contributed by atoms with Crippen LogP contribution in [0.1, 0.15) is 44.0 Å². The first-order chi connectivity index (χ1) is 9.19. The van der Waals surface area contributed by atoms with Gasteiger partial charge in [0.25, 0.3) is 0 Å². The Kier molecular flexibility index (Phi) is 4.32. The Bertz CT molecular complexity index is 528. The molecule has 0 bridgehead atoms. The summed E-state index contributed by atoms with van der Waals surface area (Å²) >= 11 is 0. The van der Waals surface area contributed by atoms with Crippen molar-refractivity contribution in [3.8, 4) is 5.69 Å². The van der Waals surface area contributed by atoms with Crippen LogP contribution in [0, 0.1) is 0 Å². The molecule has 1 atom stereocenters. The number of aromatic nitrogens is 3. The highest BCUT2D eigenvalue weighted by Crippen LogP contribution is 2.16. The SMILES string of the molecule is CCc1nc(CC)n(-c2ccc(C(C)NC)cc2)n1. The highest BCUT2D eigenvalue weighted by Gasteiger charge is 2.09. The first-order valence-electron chi connectivity index (χ1n) is 6.92. The maximum atomic E-state index is 4.55. The molecular formula is C15H22N4. The van der Waals surface area contributed by atoms with Crippen molar-refractivity contribution in [1.82, 2.24) is 20.1 Å². The van der Waals surface area contributed by atoms with Crippen molar-refractivity contribution in [1.29, 1.82) is 0 Å². The van der Waals surface area contributed by atoms with Crippen molar-refractivity contribution < 1.29 is 0 Å². The summed E-state index contributed by atoms with van der Waals surface area (Å²) in [5.74, 6) is 1.93. The summed E-state index contributed by atoms with van der Waals surface area (Å²) in [6.45, 7) is 6.34. The largest absolute Gasteiger partial charge is 0.313 e. The van der Waals surface area contributed by atoms with Crippen LogP contribution in [0.3, 0.4) is 0 Å². The fraction of sp³-hybridized carbons (Fsp3) is 0.467. The van der Waals surface area contributed by atoms with Crippen LogP contribution in [-0.2, 0) is 12.8 Å². The molecule has 0 fully saturated rings. The van der Waals surface area contributed by atoms with E-state index in [0.29, 0.717) is 6.04 Å². The lowest BCUT2D eigenvalue weighted by Crippen LogP contribution is -2.12. The van der Waals surface area contributed by atoms with Crippen LogP contribution in [0.15, 0.2) is 24.3 Å². The van der Waals surface area contributed by atoms with Gasteiger partial charge < -0.3 is 5.32 Å². The lowest BCUT2D eigenvalue weighted by atomic mass is 10.1. The number of rotatable bonds is 5. The van der Waals surface area contributed by atoms with Crippen LogP contribution in [0.5, 0.6) is 0 Å². The average molecular weight is 258 g/mol. The number of aryl methyl sites for hydroxylation is 2. The second-order valence-electron chi connectivity index (χ2n) is 4.67. The lowest BCUT2D eigenvalue weighted by molar-refractivity contribution is 0.652. The van der Waals surface area contributed by atoms with E-state index < -0.39 is 0 Å². The number of hydrogen-bond acceptors (Lipinski definition) is 3. The van der Waals surface area contributed by atoms with E-state index in [4.69, 9.17) is 0 Å². The molecule has 0 radical (unpaired) electrons. The molecule has 0 saturated carbocycles. The summed E-state index contributed by atoms with van der Waals surface area (Å²) in [4.78, 5) is 4.54. The van der Waals surface area contributed by atoms with Gasteiger partial charge in [-0.25, -0.2) is 9.67 Å². The van der Waals surface area contributed by atoms with Crippen LogP contribution in [0.2, 0.25) is 0 Å². The fourth-order valence-corrected chi connectivity index (χ4v) is 2.05. The summed E-state index contributed by atoms with van der Waals surface area (Å²) < 4.78 is 1.95. The van der Waals surface area contributed by atoms with E-state index in [1.807, 2.05) is 11.7 Å². The maximum absolute atomic E-state index is 4.55. The molecule has 0 spiro atoms. The van der Waals surface area contributed by atoms with E-state index in [0.717, 1.165) is 30.2 Å². The van der Waals surface area contributed by atoms with E-state index in [1.54, 1.807) is 0 Å². The Morgan fingerprint density at radius 3 is 2.37 bits per heavy atom. The Morgan fingerprint density at radius 2 is 1.84 bits per heavy atom. The molecule has 0 amide bonds. The van der Waals surface area contributed by atoms with Gasteiger partial charge in [-0.2, -0.15) is 5.10 Å². The summed E-state index contributed by atoms with van der Waals surface area (Å²) in [7, 11) is 1.97. The van der Waals surface area contributed by atoms with Crippen LogP contribution in [0.4, 0.5) is 0 Å². The van der Waals surface area contributed by atoms with E-state index >= 15 is 0 Å². The van der Waals surface area contributed by atoms with Crippen LogP contribution >= 0.6 is 0 Å². The molecule has 4 nitrogen and oxygen atoms in total. The lowest BCUT2D eigenvalue weighted by Gasteiger charge is -2.11. The molecule has 0 saturated heterocycles. The fourth-order valence-electron chi connectivity index (χ4n) is 2.05. The van der Waals surface area contributed by atoms with E-state index in [9.17, 15) is 0 Å². The van der Waals surface area contributed by atoms with E-state index in [1.165, 1.54) is 5.56 Å². The smallest absolute Gasteiger partial charge is 0.151 e. The molecule has 0 aliphatic rings. The van der Waals surface area contributed by atoms with Crippen molar-refractivity contribution in [2.45, 2.75) is 39.7 Å². The van der Waals surface area contributed by atoms with E-state index in [-0.39, 0.29) is 0 Å². The second-order valence-corrected chi connectivity index (χ2v) is 4.67. The quantitative estimate of drug-likeness (QED) is 0.896. The zero-order chi connectivity index (χ0) is 13.8. The Hall–Kier alpha value is -1.68. The van der Waals surface area contributed by atoms with Crippen molar-refractivity contribution in [2.75, 3.05) is 7.05 Å². The average Bonchev–Trinajstić information content (AvgIpc) is 2.90. The van der Waals surface area contributed by atoms with Gasteiger partial charge in [0.2, 0.25) is 0 Å². The predicted octanol–water partition coefficient (Wildman–Crippen LogP) is 2.67. The van der Waals surface area contributed by atoms with Gasteiger partial charge in [-0.05, 0) is 31.7 Å². The molecule has 0 aliphatic carbocycles. The van der Waals surface area contributed by atoms with Crippen LogP contribution < -0.4 is 5.32 Å². The third-order valence-electron chi connectivity index (χ3n) is 3.42. The minimum absolute atomic E-state index is 0.363. The van der Waals surface area contributed by atoms with E-state index in [2.05, 4.69) is 60.4 Å². The molecular weight excluding hydrogens is 236 g/mol. The van der Waals surface area contributed by atoms with Gasteiger partial charge >= 0.3 is 0 Å². The van der Waals surface area contributed by atoms with Crippen molar-refractivity contribution in [3.05, 3.63) is 41.5 Å². The highest BCUT2D eigenvalue weighted by atomic mass is 15.3. The van der Waals surface area contributed by atoms with Gasteiger partial charge in [0.15, 0.2) is 5.82 Å². The number of nitrogens with one attached hydrogen (secondary N) is 1. The number of benzene rings is 1. The Morgan fingerprint density at radius 1 is 1.16 bits per heavy atom. The zero-order valence-corrected chi connectivity index (χ0v) is 12.1. The van der Waals surface area contributed by atoms with Crippen LogP contribution in [0.25, 0.3) is 5.69 Å². The summed E-state index contributed by atoms with van der Waals surface area (Å²) in [6.07, 6.45) is 1.76. The summed E-state index contributed by atoms with van der Waals surface area (Å²) in [5, 5.41) is 7.80. The Labute approximate surface area is 114 Å². The predicted molar refractivity (Wildman–Crippen MR) is 77.6 cm³/mol. The topological polar surface area (TPSA) is 42.7 Å². The summed E-state index contributed by atoms with van der Waals surface area (Å²) in [5.41, 5.74) is 2.36. The zero-order valence-electron chi connectivity index (χ0n) is 12.1. The minimum atomic E-state index is 0.363. The van der Waals surface area contributed by atoms with Gasteiger partial charge in [0.1, 0.15) is 5.82 Å². The molecule has 4 heteroatoms. The van der Waals surface area contributed by atoms with Crippen LogP contribution in [-0.4, -0.2) is 21.8 Å². The molecule has 19 heavy (non-hydrogen) atoms. The van der Waals surface area contributed by atoms with Crippen molar-refractivity contribution in [2.24, 2.45) is 0 Å². The molecule has 1 aromatic carbocycles. The maximum Gasteiger partial charge on any atom is 0.151 e. The minimum Gasteiger partial charge on any atom is -0.313 e. The molecule has 1 heterocycles. The molecule has 2 aromatic rings. The number of hydrogen-bond donors (Lipinski definition) is 1. The van der Waals surface area contributed by atoms with Gasteiger partial charge in [-0.3, -0.25) is 0 Å². The number of nitrogens with zero attached hydrogens (tertiary/aromatic N) is 3. The third kappa shape index (κ3) is 2.84. The first-order valence-corrected chi connectivity index (χ1v) is 6.92. The Balaban J connectivity index is 2.34. The van der Waals surface area contributed by atoms with Gasteiger partial charge in [-0.15, -0.1) is 0 Å². The highest BCUT2D eigenvalue weighted by molar-refractivity contribution is 5.35. The van der Waals surface area contributed by atoms with Crippen molar-refractivity contribution >= 4 is 0 Å². The van der Waals surface area contributed by atoms with Gasteiger partial charge in [-0.1, -0.05) is 26.0 Å². The standard InChI is InChI=1S/C15H22N4/c1-5-14-17-15(6-2)19(18-14)13-9-7-12(8-10-13)11(3)16-4/h7-11,16H,5-6H2,1-4H3. The molecule has 1 unspecified atom stereocenters. The normalized spacial score (nSPS) is 12.6. The monoisotopic (exact) mass is 258 g/mol.